The molecule has 0 radical (unpaired) electrons. The van der Waals surface area contributed by atoms with Gasteiger partial charge in [0.25, 0.3) is 0 Å². The molecule has 0 aliphatic rings. The summed E-state index contributed by atoms with van der Waals surface area (Å²) in [5, 5.41) is 10.9. The Morgan fingerprint density at radius 2 is 1.76 bits per heavy atom. The van der Waals surface area contributed by atoms with Crippen LogP contribution in [-0.2, 0) is 22.7 Å². The van der Waals surface area contributed by atoms with Gasteiger partial charge in [0.15, 0.2) is 0 Å². The highest BCUT2D eigenvalue weighted by Crippen LogP contribution is 2.18. The Bertz CT molecular complexity index is 1310. The van der Waals surface area contributed by atoms with Crippen LogP contribution in [0.5, 0.6) is 5.75 Å². The first-order valence-electron chi connectivity index (χ1n) is 10.7. The molecule has 2 amide bonds. The third-order valence-electron chi connectivity index (χ3n) is 5.53. The average molecular weight is 461 g/mol. The standard InChI is InChI=1S/C25H24FN5O3/c1-17(25(33)27-19-11-13-20(34-2)14-12-19)30(15-18-7-3-4-8-21(18)26)24(32)16-31-23-10-6-5-9-22(23)28-29-31/h3-14,17H,15-16H2,1-2H3,(H,27,33)/t17-/m1/s1. The largest absolute Gasteiger partial charge is 0.497 e. The van der Waals surface area contributed by atoms with E-state index in [0.29, 0.717) is 28.0 Å². The number of aromatic nitrogens is 3. The lowest BCUT2D eigenvalue weighted by atomic mass is 10.1. The summed E-state index contributed by atoms with van der Waals surface area (Å²) in [6.45, 7) is 1.39. The normalized spacial score (nSPS) is 11.7. The van der Waals surface area contributed by atoms with Crippen LogP contribution in [0.15, 0.2) is 72.8 Å². The molecule has 0 aliphatic heterocycles. The molecular weight excluding hydrogens is 437 g/mol. The Morgan fingerprint density at radius 1 is 1.06 bits per heavy atom. The number of hydrogen-bond donors (Lipinski definition) is 1. The number of nitrogens with one attached hydrogen (secondary N) is 1. The van der Waals surface area contributed by atoms with Crippen molar-refractivity contribution in [3.63, 3.8) is 0 Å². The van der Waals surface area contributed by atoms with Crippen molar-refractivity contribution in [3.8, 4) is 5.75 Å². The summed E-state index contributed by atoms with van der Waals surface area (Å²) in [7, 11) is 1.56. The average Bonchev–Trinajstić information content (AvgIpc) is 3.26. The van der Waals surface area contributed by atoms with Crippen LogP contribution in [-0.4, -0.2) is 44.9 Å². The first-order valence-corrected chi connectivity index (χ1v) is 10.7. The quantitative estimate of drug-likeness (QED) is 0.433. The zero-order valence-electron chi connectivity index (χ0n) is 18.8. The van der Waals surface area contributed by atoms with Gasteiger partial charge in [-0.3, -0.25) is 9.59 Å². The molecule has 8 nitrogen and oxygen atoms in total. The highest BCUT2D eigenvalue weighted by atomic mass is 19.1. The maximum Gasteiger partial charge on any atom is 0.246 e. The van der Waals surface area contributed by atoms with E-state index in [9.17, 15) is 14.0 Å². The minimum Gasteiger partial charge on any atom is -0.497 e. The number of fused-ring (bicyclic) bond motifs is 1. The predicted octanol–water partition coefficient (Wildman–Crippen LogP) is 3.64. The Hall–Kier alpha value is -4.27. The van der Waals surface area contributed by atoms with Crippen LogP contribution in [0.3, 0.4) is 0 Å². The summed E-state index contributed by atoms with van der Waals surface area (Å²) in [6, 6.07) is 19.4. The summed E-state index contributed by atoms with van der Waals surface area (Å²) < 4.78 is 21.0. The van der Waals surface area contributed by atoms with Crippen molar-refractivity contribution in [1.82, 2.24) is 19.9 Å². The minimum atomic E-state index is -0.885. The number of carbonyl (C=O) groups is 2. The topological polar surface area (TPSA) is 89.4 Å². The van der Waals surface area contributed by atoms with Gasteiger partial charge in [-0.1, -0.05) is 35.5 Å². The van der Waals surface area contributed by atoms with Crippen molar-refractivity contribution in [2.45, 2.75) is 26.1 Å². The van der Waals surface area contributed by atoms with Crippen molar-refractivity contribution in [1.29, 1.82) is 0 Å². The Balaban J connectivity index is 1.57. The summed E-state index contributed by atoms with van der Waals surface area (Å²) in [5.74, 6) is -0.591. The molecule has 4 rings (SSSR count). The monoisotopic (exact) mass is 461 g/mol. The molecular formula is C25H24FN5O3. The Morgan fingerprint density at radius 3 is 2.50 bits per heavy atom. The maximum absolute atomic E-state index is 14.4. The fraction of sp³-hybridized carbons (Fsp3) is 0.200. The van der Waals surface area contributed by atoms with Gasteiger partial charge in [0.1, 0.15) is 29.7 Å². The Labute approximate surface area is 195 Å². The van der Waals surface area contributed by atoms with Crippen molar-refractivity contribution in [2.75, 3.05) is 12.4 Å². The van der Waals surface area contributed by atoms with E-state index in [1.54, 1.807) is 62.6 Å². The van der Waals surface area contributed by atoms with Crippen LogP contribution in [0.2, 0.25) is 0 Å². The minimum absolute atomic E-state index is 0.0741. The lowest BCUT2D eigenvalue weighted by molar-refractivity contribution is -0.139. The number of ether oxygens (including phenoxy) is 1. The van der Waals surface area contributed by atoms with Gasteiger partial charge in [-0.15, -0.1) is 5.10 Å². The number of hydrogen-bond acceptors (Lipinski definition) is 5. The van der Waals surface area contributed by atoms with E-state index in [-0.39, 0.29) is 13.1 Å². The van der Waals surface area contributed by atoms with E-state index in [4.69, 9.17) is 4.74 Å². The summed E-state index contributed by atoms with van der Waals surface area (Å²) in [5.41, 5.74) is 2.21. The van der Waals surface area contributed by atoms with Crippen LogP contribution in [0.25, 0.3) is 11.0 Å². The zero-order chi connectivity index (χ0) is 24.1. The van der Waals surface area contributed by atoms with Gasteiger partial charge in [-0.05, 0) is 49.4 Å². The Kier molecular flexibility index (Phi) is 6.82. The smallest absolute Gasteiger partial charge is 0.246 e. The molecule has 0 spiro atoms. The number of benzene rings is 3. The number of halogens is 1. The first-order chi connectivity index (χ1) is 16.5. The molecule has 0 saturated heterocycles. The number of carbonyl (C=O) groups excluding carboxylic acids is 2. The second kappa shape index (κ2) is 10.1. The maximum atomic E-state index is 14.4. The lowest BCUT2D eigenvalue weighted by Gasteiger charge is -2.29. The van der Waals surface area contributed by atoms with E-state index in [1.807, 2.05) is 18.2 Å². The van der Waals surface area contributed by atoms with Crippen LogP contribution >= 0.6 is 0 Å². The fourth-order valence-electron chi connectivity index (χ4n) is 3.57. The molecule has 1 N–H and O–H groups in total. The molecule has 1 aromatic heterocycles. The van der Waals surface area contributed by atoms with Crippen LogP contribution in [0.1, 0.15) is 12.5 Å². The van der Waals surface area contributed by atoms with E-state index >= 15 is 0 Å². The predicted molar refractivity (Wildman–Crippen MR) is 126 cm³/mol. The van der Waals surface area contributed by atoms with Gasteiger partial charge in [-0.25, -0.2) is 9.07 Å². The van der Waals surface area contributed by atoms with E-state index < -0.39 is 23.7 Å². The summed E-state index contributed by atoms with van der Waals surface area (Å²) in [4.78, 5) is 27.7. The lowest BCUT2D eigenvalue weighted by Crippen LogP contribution is -2.46. The number of methoxy groups -OCH3 is 1. The first kappa shape index (κ1) is 22.9. The zero-order valence-corrected chi connectivity index (χ0v) is 18.8. The van der Waals surface area contributed by atoms with Gasteiger partial charge < -0.3 is 15.0 Å². The van der Waals surface area contributed by atoms with Crippen molar-refractivity contribution in [3.05, 3.63) is 84.2 Å². The van der Waals surface area contributed by atoms with Crippen LogP contribution in [0.4, 0.5) is 10.1 Å². The summed E-state index contributed by atoms with van der Waals surface area (Å²) >= 11 is 0. The molecule has 4 aromatic rings. The van der Waals surface area contributed by atoms with Gasteiger partial charge in [-0.2, -0.15) is 0 Å². The van der Waals surface area contributed by atoms with Gasteiger partial charge in [0, 0.05) is 17.8 Å². The van der Waals surface area contributed by atoms with Crippen LogP contribution in [0, 0.1) is 5.82 Å². The molecule has 3 aromatic carbocycles. The third kappa shape index (κ3) is 5.03. The van der Waals surface area contributed by atoms with Crippen molar-refractivity contribution < 1.29 is 18.7 Å². The molecule has 9 heteroatoms. The molecule has 0 unspecified atom stereocenters. The molecule has 34 heavy (non-hydrogen) atoms. The number of para-hydroxylation sites is 1. The number of rotatable bonds is 8. The molecule has 0 saturated carbocycles. The SMILES string of the molecule is COc1ccc(NC(=O)[C@@H](C)N(Cc2ccccc2F)C(=O)Cn2nnc3ccccc32)cc1. The summed E-state index contributed by atoms with van der Waals surface area (Å²) in [6.07, 6.45) is 0. The number of anilines is 1. The molecule has 1 atom stereocenters. The van der Waals surface area contributed by atoms with Gasteiger partial charge in [0.2, 0.25) is 11.8 Å². The third-order valence-corrected chi connectivity index (χ3v) is 5.53. The van der Waals surface area contributed by atoms with E-state index in [0.717, 1.165) is 0 Å². The van der Waals surface area contributed by atoms with Crippen molar-refractivity contribution in [2.24, 2.45) is 0 Å². The second-order valence-electron chi connectivity index (χ2n) is 7.74. The fourth-order valence-corrected chi connectivity index (χ4v) is 3.57. The molecule has 0 aliphatic carbocycles. The highest BCUT2D eigenvalue weighted by molar-refractivity contribution is 5.97. The molecule has 0 fully saturated rings. The van der Waals surface area contributed by atoms with Crippen molar-refractivity contribution >= 4 is 28.5 Å². The second-order valence-corrected chi connectivity index (χ2v) is 7.74. The van der Waals surface area contributed by atoms with E-state index in [2.05, 4.69) is 15.6 Å². The molecule has 0 bridgehead atoms. The highest BCUT2D eigenvalue weighted by Gasteiger charge is 2.28. The molecule has 1 heterocycles. The molecule has 174 valence electrons. The van der Waals surface area contributed by atoms with E-state index in [1.165, 1.54) is 15.6 Å². The van der Waals surface area contributed by atoms with Crippen LogP contribution < -0.4 is 10.1 Å². The van der Waals surface area contributed by atoms with Gasteiger partial charge >= 0.3 is 0 Å². The number of amides is 2. The number of nitrogens with zero attached hydrogens (tertiary/aromatic N) is 4. The van der Waals surface area contributed by atoms with Gasteiger partial charge in [0.05, 0.1) is 12.6 Å².